The molecule has 146 valence electrons. The molecule has 2 N–H and O–H groups in total. The van der Waals surface area contributed by atoms with Crippen molar-refractivity contribution in [1.82, 2.24) is 4.98 Å². The van der Waals surface area contributed by atoms with Crippen LogP contribution in [0.25, 0.3) is 0 Å². The van der Waals surface area contributed by atoms with Gasteiger partial charge in [0.05, 0.1) is 17.0 Å². The number of hydrogen-bond donors (Lipinski definition) is 2. The first-order valence-corrected chi connectivity index (χ1v) is 12.1. The van der Waals surface area contributed by atoms with Crippen LogP contribution in [0.1, 0.15) is 21.1 Å². The van der Waals surface area contributed by atoms with Crippen LogP contribution in [0.3, 0.4) is 0 Å². The lowest BCUT2D eigenvalue weighted by atomic mass is 10.2. The third-order valence-corrected chi connectivity index (χ3v) is 6.09. The number of thiazole rings is 1. The summed E-state index contributed by atoms with van der Waals surface area (Å²) in [5.74, 6) is 0.569. The molecule has 0 fully saturated rings. The van der Waals surface area contributed by atoms with Gasteiger partial charge in [0.15, 0.2) is 0 Å². The Hall–Kier alpha value is -2.36. The normalized spacial score (nSPS) is 11.2. The van der Waals surface area contributed by atoms with E-state index in [0.717, 1.165) is 27.6 Å². The lowest BCUT2D eigenvalue weighted by Gasteiger charge is -2.08. The number of benzene rings is 2. The summed E-state index contributed by atoms with van der Waals surface area (Å²) in [5, 5.41) is 5.91. The fraction of sp³-hybridized carbons (Fsp3) is 0.158. The Labute approximate surface area is 172 Å². The molecule has 6 nitrogen and oxygen atoms in total. The van der Waals surface area contributed by atoms with Crippen molar-refractivity contribution in [2.75, 3.05) is 16.3 Å². The molecule has 1 amide bonds. The fourth-order valence-electron chi connectivity index (χ4n) is 2.37. The summed E-state index contributed by atoms with van der Waals surface area (Å²) in [4.78, 5) is 17.9. The molecule has 3 rings (SSSR count). The Kier molecular flexibility index (Phi) is 6.38. The van der Waals surface area contributed by atoms with E-state index < -0.39 is 10.0 Å². The van der Waals surface area contributed by atoms with E-state index in [1.165, 1.54) is 0 Å². The molecule has 28 heavy (non-hydrogen) atoms. The van der Waals surface area contributed by atoms with Gasteiger partial charge in [-0.3, -0.25) is 9.52 Å². The van der Waals surface area contributed by atoms with Gasteiger partial charge in [0, 0.05) is 33.0 Å². The van der Waals surface area contributed by atoms with Crippen LogP contribution in [0, 0.1) is 6.92 Å². The Bertz CT molecular complexity index is 1060. The van der Waals surface area contributed by atoms with Gasteiger partial charge in [-0.25, -0.2) is 13.4 Å². The molecule has 0 saturated heterocycles. The largest absolute Gasteiger partial charge is 0.322 e. The van der Waals surface area contributed by atoms with E-state index in [1.54, 1.807) is 59.5 Å². The molecule has 0 saturated carbocycles. The number of anilines is 2. The summed E-state index contributed by atoms with van der Waals surface area (Å²) < 4.78 is 24.8. The lowest BCUT2D eigenvalue weighted by molar-refractivity contribution is 0.102. The van der Waals surface area contributed by atoms with Crippen LogP contribution in [-0.4, -0.2) is 25.6 Å². The van der Waals surface area contributed by atoms with E-state index in [4.69, 9.17) is 0 Å². The van der Waals surface area contributed by atoms with E-state index >= 15 is 0 Å². The number of carbonyl (C=O) groups excluding carboxylic acids is 1. The van der Waals surface area contributed by atoms with Gasteiger partial charge in [-0.15, -0.1) is 23.1 Å². The van der Waals surface area contributed by atoms with E-state index in [0.29, 0.717) is 16.9 Å². The van der Waals surface area contributed by atoms with Crippen LogP contribution < -0.4 is 10.0 Å². The number of aryl methyl sites for hydroxylation is 1. The van der Waals surface area contributed by atoms with Crippen molar-refractivity contribution in [2.45, 2.75) is 17.6 Å². The molecule has 0 spiro atoms. The zero-order chi connectivity index (χ0) is 20.1. The Morgan fingerprint density at radius 3 is 2.29 bits per heavy atom. The summed E-state index contributed by atoms with van der Waals surface area (Å²) in [6.45, 7) is 1.99. The molecular weight excluding hydrogens is 414 g/mol. The Balaban J connectivity index is 1.56. The number of nitrogens with one attached hydrogen (secondary N) is 2. The maximum atomic E-state index is 12.4. The van der Waals surface area contributed by atoms with Gasteiger partial charge in [-0.1, -0.05) is 0 Å². The summed E-state index contributed by atoms with van der Waals surface area (Å²) in [7, 11) is -3.32. The number of nitrogens with zero attached hydrogens (tertiary/aromatic N) is 1. The maximum Gasteiger partial charge on any atom is 0.255 e. The number of sulfonamides is 1. The SMILES string of the molecule is Cc1nc(CSc2ccc(C(=O)Nc3ccc(NS(C)(=O)=O)cc3)cc2)cs1. The maximum absolute atomic E-state index is 12.4. The van der Waals surface area contributed by atoms with Crippen LogP contribution in [0.5, 0.6) is 0 Å². The number of aromatic nitrogens is 1. The summed E-state index contributed by atoms with van der Waals surface area (Å²) in [6, 6.07) is 13.9. The standard InChI is InChI=1S/C19H19N3O3S3/c1-13-20-17(11-26-13)12-27-18-9-3-14(4-10-18)19(23)21-15-5-7-16(8-6-15)22-28(2,24)25/h3-11,22H,12H2,1-2H3,(H,21,23). The van der Waals surface area contributed by atoms with Gasteiger partial charge in [0.1, 0.15) is 0 Å². The highest BCUT2D eigenvalue weighted by Gasteiger charge is 2.08. The predicted molar refractivity (Wildman–Crippen MR) is 116 cm³/mol. The van der Waals surface area contributed by atoms with Crippen molar-refractivity contribution < 1.29 is 13.2 Å². The lowest BCUT2D eigenvalue weighted by Crippen LogP contribution is -2.12. The second kappa shape index (κ2) is 8.76. The summed E-state index contributed by atoms with van der Waals surface area (Å²) in [6.07, 6.45) is 1.09. The average Bonchev–Trinajstić information content (AvgIpc) is 3.06. The summed E-state index contributed by atoms with van der Waals surface area (Å²) in [5.41, 5.74) is 2.63. The first-order chi connectivity index (χ1) is 13.3. The van der Waals surface area contributed by atoms with E-state index in [-0.39, 0.29) is 5.91 Å². The fourth-order valence-corrected chi connectivity index (χ4v) is 4.45. The van der Waals surface area contributed by atoms with Gasteiger partial charge < -0.3 is 5.32 Å². The average molecular weight is 434 g/mol. The van der Waals surface area contributed by atoms with Crippen molar-refractivity contribution in [3.8, 4) is 0 Å². The third kappa shape index (κ3) is 6.08. The molecule has 1 aromatic heterocycles. The van der Waals surface area contributed by atoms with E-state index in [9.17, 15) is 13.2 Å². The summed E-state index contributed by atoms with van der Waals surface area (Å²) >= 11 is 3.31. The first-order valence-electron chi connectivity index (χ1n) is 8.31. The second-order valence-corrected chi connectivity index (χ2v) is 9.94. The number of hydrogen-bond acceptors (Lipinski definition) is 6. The van der Waals surface area contributed by atoms with Crippen LogP contribution >= 0.6 is 23.1 Å². The highest BCUT2D eigenvalue weighted by atomic mass is 32.2. The minimum Gasteiger partial charge on any atom is -0.322 e. The van der Waals surface area contributed by atoms with Crippen LogP contribution in [0.2, 0.25) is 0 Å². The van der Waals surface area contributed by atoms with Crippen LogP contribution in [0.4, 0.5) is 11.4 Å². The van der Waals surface area contributed by atoms with Crippen molar-refractivity contribution in [2.24, 2.45) is 0 Å². The number of amides is 1. The minimum absolute atomic E-state index is 0.226. The zero-order valence-electron chi connectivity index (χ0n) is 15.3. The van der Waals surface area contributed by atoms with Gasteiger partial charge in [-0.2, -0.15) is 0 Å². The van der Waals surface area contributed by atoms with Crippen molar-refractivity contribution in [3.05, 3.63) is 70.2 Å². The zero-order valence-corrected chi connectivity index (χ0v) is 17.7. The highest BCUT2D eigenvalue weighted by Crippen LogP contribution is 2.24. The molecule has 0 atom stereocenters. The van der Waals surface area contributed by atoms with Gasteiger partial charge in [0.25, 0.3) is 5.91 Å². The molecule has 9 heteroatoms. The van der Waals surface area contributed by atoms with E-state index in [1.807, 2.05) is 19.1 Å². The van der Waals surface area contributed by atoms with Crippen molar-refractivity contribution in [1.29, 1.82) is 0 Å². The quantitative estimate of drug-likeness (QED) is 0.540. The molecule has 2 aromatic carbocycles. The van der Waals surface area contributed by atoms with Crippen molar-refractivity contribution >= 4 is 50.4 Å². The molecule has 3 aromatic rings. The molecular formula is C19H19N3O3S3. The Morgan fingerprint density at radius 1 is 1.07 bits per heavy atom. The number of rotatable bonds is 7. The van der Waals surface area contributed by atoms with Gasteiger partial charge in [-0.05, 0) is 55.5 Å². The second-order valence-electron chi connectivity index (χ2n) is 6.08. The smallest absolute Gasteiger partial charge is 0.255 e. The molecule has 1 heterocycles. The third-order valence-electron chi connectivity index (χ3n) is 3.62. The van der Waals surface area contributed by atoms with Crippen molar-refractivity contribution in [3.63, 3.8) is 0 Å². The van der Waals surface area contributed by atoms with E-state index in [2.05, 4.69) is 20.4 Å². The van der Waals surface area contributed by atoms with Gasteiger partial charge in [0.2, 0.25) is 10.0 Å². The molecule has 0 aliphatic carbocycles. The molecule has 0 unspecified atom stereocenters. The molecule has 0 aliphatic rings. The monoisotopic (exact) mass is 433 g/mol. The van der Waals surface area contributed by atoms with Gasteiger partial charge >= 0.3 is 0 Å². The minimum atomic E-state index is -3.32. The number of carbonyl (C=O) groups is 1. The van der Waals surface area contributed by atoms with Crippen LogP contribution in [0.15, 0.2) is 58.8 Å². The molecule has 0 radical (unpaired) electrons. The first kappa shape index (κ1) is 20.4. The topological polar surface area (TPSA) is 88.2 Å². The predicted octanol–water partition coefficient (Wildman–Crippen LogP) is 4.37. The Morgan fingerprint density at radius 2 is 1.71 bits per heavy atom. The number of thioether (sulfide) groups is 1. The highest BCUT2D eigenvalue weighted by molar-refractivity contribution is 7.98. The molecule has 0 bridgehead atoms. The molecule has 0 aliphatic heterocycles. The van der Waals surface area contributed by atoms with Crippen LogP contribution in [-0.2, 0) is 15.8 Å².